The van der Waals surface area contributed by atoms with Gasteiger partial charge in [-0.2, -0.15) is 0 Å². The molecule has 21 heavy (non-hydrogen) atoms. The van der Waals surface area contributed by atoms with Crippen LogP contribution in [-0.4, -0.2) is 31.8 Å². The first-order valence-electron chi connectivity index (χ1n) is 6.61. The minimum Gasteiger partial charge on any atom is -0.335 e. The number of sulfonamides is 1. The van der Waals surface area contributed by atoms with Crippen molar-refractivity contribution in [2.24, 2.45) is 11.1 Å². The summed E-state index contributed by atoms with van der Waals surface area (Å²) in [4.78, 5) is 14.1. The molecule has 0 aromatic heterocycles. The summed E-state index contributed by atoms with van der Waals surface area (Å²) in [6.45, 7) is 0.676. The number of benzene rings is 1. The van der Waals surface area contributed by atoms with E-state index in [0.29, 0.717) is 12.5 Å². The molecule has 1 saturated heterocycles. The van der Waals surface area contributed by atoms with Crippen LogP contribution in [0.2, 0.25) is 10.0 Å². The molecule has 2 fully saturated rings. The number of primary sulfonamides is 1. The number of carbonyl (C=O) groups excluding carboxylic acids is 1. The van der Waals surface area contributed by atoms with Crippen molar-refractivity contribution >= 4 is 39.1 Å². The first-order chi connectivity index (χ1) is 9.79. The van der Waals surface area contributed by atoms with E-state index in [1.165, 1.54) is 12.1 Å². The lowest BCUT2D eigenvalue weighted by molar-refractivity contribution is 0.0704. The second-order valence-corrected chi connectivity index (χ2v) is 7.88. The first kappa shape index (κ1) is 15.1. The molecule has 2 aliphatic rings. The molecule has 2 N–H and O–H groups in total. The van der Waals surface area contributed by atoms with Crippen molar-refractivity contribution in [1.29, 1.82) is 0 Å². The molecule has 1 heterocycles. The number of amides is 1. The van der Waals surface area contributed by atoms with Crippen molar-refractivity contribution < 1.29 is 13.2 Å². The third kappa shape index (κ3) is 2.54. The van der Waals surface area contributed by atoms with Crippen LogP contribution < -0.4 is 5.14 Å². The number of piperidine rings is 1. The molecule has 0 spiro atoms. The molecule has 3 rings (SSSR count). The Morgan fingerprint density at radius 3 is 2.52 bits per heavy atom. The average Bonchev–Trinajstić information content (AvgIpc) is 2.99. The van der Waals surface area contributed by atoms with E-state index in [9.17, 15) is 13.2 Å². The van der Waals surface area contributed by atoms with Gasteiger partial charge in [0.2, 0.25) is 10.0 Å². The minimum absolute atomic E-state index is 0.0254. The van der Waals surface area contributed by atoms with Crippen molar-refractivity contribution in [3.8, 4) is 0 Å². The van der Waals surface area contributed by atoms with E-state index in [-0.39, 0.29) is 32.5 Å². The highest BCUT2D eigenvalue weighted by Gasteiger charge is 2.41. The van der Waals surface area contributed by atoms with Crippen molar-refractivity contribution in [2.45, 2.75) is 30.2 Å². The topological polar surface area (TPSA) is 80.5 Å². The summed E-state index contributed by atoms with van der Waals surface area (Å²) in [5.41, 5.74) is 0.0254. The molecule has 2 bridgehead atoms. The van der Waals surface area contributed by atoms with Crippen molar-refractivity contribution in [3.05, 3.63) is 27.7 Å². The third-order valence-corrected chi connectivity index (χ3v) is 6.02. The molecule has 1 aromatic carbocycles. The Morgan fingerprint density at radius 1 is 1.29 bits per heavy atom. The van der Waals surface area contributed by atoms with Gasteiger partial charge in [0.25, 0.3) is 5.91 Å². The van der Waals surface area contributed by atoms with Gasteiger partial charge in [0, 0.05) is 12.6 Å². The van der Waals surface area contributed by atoms with Crippen LogP contribution in [-0.2, 0) is 10.0 Å². The fourth-order valence-electron chi connectivity index (χ4n) is 3.27. The van der Waals surface area contributed by atoms with Crippen LogP contribution in [0, 0.1) is 5.92 Å². The lowest BCUT2D eigenvalue weighted by Crippen LogP contribution is -2.38. The minimum atomic E-state index is -4.00. The first-order valence-corrected chi connectivity index (χ1v) is 8.91. The second-order valence-electron chi connectivity index (χ2n) is 5.57. The van der Waals surface area contributed by atoms with Crippen LogP contribution in [0.25, 0.3) is 0 Å². The lowest BCUT2D eigenvalue weighted by atomic mass is 10.1. The zero-order chi connectivity index (χ0) is 15.4. The Kier molecular flexibility index (Phi) is 3.68. The fraction of sp³-hybridized carbons (Fsp3) is 0.462. The Hall–Kier alpha value is -0.820. The second kappa shape index (κ2) is 5.12. The lowest BCUT2D eigenvalue weighted by Gasteiger charge is -2.28. The summed E-state index contributed by atoms with van der Waals surface area (Å²) in [6.07, 6.45) is 3.10. The predicted octanol–water partition coefficient (Wildman–Crippen LogP) is 2.27. The number of halogens is 2. The molecule has 0 radical (unpaired) electrons. The highest BCUT2D eigenvalue weighted by molar-refractivity contribution is 7.89. The van der Waals surface area contributed by atoms with E-state index >= 15 is 0 Å². The summed E-state index contributed by atoms with van der Waals surface area (Å²) in [5, 5.41) is 5.05. The number of hydrogen-bond acceptors (Lipinski definition) is 3. The van der Waals surface area contributed by atoms with E-state index in [1.807, 2.05) is 0 Å². The summed E-state index contributed by atoms with van der Waals surface area (Å²) < 4.78 is 23.0. The van der Waals surface area contributed by atoms with Crippen molar-refractivity contribution in [2.75, 3.05) is 6.54 Å². The standard InChI is InChI=1S/C13H14Cl2N2O3S/c14-9-3-4-10(21(16,19)20)12(15)11(9)13(18)17-6-7-1-2-8(17)5-7/h3-4,7-8H,1-2,5-6H2,(H2,16,19,20). The molecule has 114 valence electrons. The molecular formula is C13H14Cl2N2O3S. The maximum Gasteiger partial charge on any atom is 0.257 e. The van der Waals surface area contributed by atoms with Gasteiger partial charge in [-0.1, -0.05) is 23.2 Å². The molecule has 5 nitrogen and oxygen atoms in total. The van der Waals surface area contributed by atoms with Crippen LogP contribution in [0.15, 0.2) is 17.0 Å². The van der Waals surface area contributed by atoms with Gasteiger partial charge in [-0.25, -0.2) is 13.6 Å². The Bertz CT molecular complexity index is 720. The predicted molar refractivity (Wildman–Crippen MR) is 80.0 cm³/mol. The summed E-state index contributed by atoms with van der Waals surface area (Å²) in [7, 11) is -4.00. The van der Waals surface area contributed by atoms with Gasteiger partial charge in [-0.15, -0.1) is 0 Å². The molecule has 2 atom stereocenters. The molecule has 1 aliphatic heterocycles. The molecular weight excluding hydrogens is 335 g/mol. The number of hydrogen-bond donors (Lipinski definition) is 1. The van der Waals surface area contributed by atoms with Gasteiger partial charge >= 0.3 is 0 Å². The summed E-state index contributed by atoms with van der Waals surface area (Å²) in [6, 6.07) is 2.76. The summed E-state index contributed by atoms with van der Waals surface area (Å²) in [5.74, 6) is 0.209. The molecule has 1 aromatic rings. The van der Waals surface area contributed by atoms with E-state index in [2.05, 4.69) is 0 Å². The zero-order valence-corrected chi connectivity index (χ0v) is 13.4. The average molecular weight is 349 g/mol. The highest BCUT2D eigenvalue weighted by atomic mass is 35.5. The van der Waals surface area contributed by atoms with E-state index in [1.54, 1.807) is 4.90 Å². The maximum absolute atomic E-state index is 12.7. The Morgan fingerprint density at radius 2 is 2.00 bits per heavy atom. The zero-order valence-electron chi connectivity index (χ0n) is 11.1. The number of fused-ring (bicyclic) bond motifs is 2. The molecule has 8 heteroatoms. The van der Waals surface area contributed by atoms with Gasteiger partial charge in [0.05, 0.1) is 15.6 Å². The van der Waals surface area contributed by atoms with Crippen molar-refractivity contribution in [3.63, 3.8) is 0 Å². The Labute approximate surface area is 133 Å². The van der Waals surface area contributed by atoms with E-state index in [0.717, 1.165) is 19.3 Å². The van der Waals surface area contributed by atoms with Crippen LogP contribution in [0.4, 0.5) is 0 Å². The number of nitrogens with two attached hydrogens (primary N) is 1. The van der Waals surface area contributed by atoms with E-state index < -0.39 is 10.0 Å². The van der Waals surface area contributed by atoms with Crippen LogP contribution in [0.5, 0.6) is 0 Å². The number of likely N-dealkylation sites (tertiary alicyclic amines) is 1. The number of carbonyl (C=O) groups is 1. The van der Waals surface area contributed by atoms with Crippen LogP contribution in [0.1, 0.15) is 29.6 Å². The van der Waals surface area contributed by atoms with E-state index in [4.69, 9.17) is 28.3 Å². The highest BCUT2D eigenvalue weighted by Crippen LogP contribution is 2.40. The van der Waals surface area contributed by atoms with Gasteiger partial charge < -0.3 is 4.90 Å². The normalized spacial score (nSPS) is 24.6. The van der Waals surface area contributed by atoms with Gasteiger partial charge in [-0.3, -0.25) is 4.79 Å². The quantitative estimate of drug-likeness (QED) is 0.889. The smallest absolute Gasteiger partial charge is 0.257 e. The molecule has 1 saturated carbocycles. The fourth-order valence-corrected chi connectivity index (χ4v) is 4.73. The molecule has 1 aliphatic carbocycles. The maximum atomic E-state index is 12.7. The van der Waals surface area contributed by atoms with Gasteiger partial charge in [0.15, 0.2) is 0 Å². The largest absolute Gasteiger partial charge is 0.335 e. The van der Waals surface area contributed by atoms with Crippen LogP contribution >= 0.6 is 23.2 Å². The van der Waals surface area contributed by atoms with Gasteiger partial charge in [0.1, 0.15) is 4.90 Å². The summed E-state index contributed by atoms with van der Waals surface area (Å²) >= 11 is 12.1. The van der Waals surface area contributed by atoms with Crippen molar-refractivity contribution in [1.82, 2.24) is 4.90 Å². The monoisotopic (exact) mass is 348 g/mol. The number of rotatable bonds is 2. The SMILES string of the molecule is NS(=O)(=O)c1ccc(Cl)c(C(=O)N2CC3CCC2C3)c1Cl. The molecule has 1 amide bonds. The van der Waals surface area contributed by atoms with Gasteiger partial charge in [-0.05, 0) is 37.3 Å². The third-order valence-electron chi connectivity index (χ3n) is 4.25. The Balaban J connectivity index is 2.04. The van der Waals surface area contributed by atoms with Crippen LogP contribution in [0.3, 0.4) is 0 Å². The molecule has 2 unspecified atom stereocenters. The number of nitrogens with zero attached hydrogens (tertiary/aromatic N) is 1.